The van der Waals surface area contributed by atoms with Gasteiger partial charge in [0.2, 0.25) is 0 Å². The Kier molecular flexibility index (Phi) is 4.29. The van der Waals surface area contributed by atoms with Crippen LogP contribution in [0.15, 0.2) is 24.0 Å². The fourth-order valence-electron chi connectivity index (χ4n) is 1.47. The first kappa shape index (κ1) is 14.4. The van der Waals surface area contributed by atoms with E-state index in [2.05, 4.69) is 25.6 Å². The highest BCUT2D eigenvalue weighted by molar-refractivity contribution is 7.13. The van der Waals surface area contributed by atoms with Crippen LogP contribution in [0.1, 0.15) is 26.5 Å². The van der Waals surface area contributed by atoms with Crippen molar-refractivity contribution in [1.29, 1.82) is 0 Å². The van der Waals surface area contributed by atoms with Gasteiger partial charge in [0.15, 0.2) is 0 Å². The molecule has 2 amide bonds. The van der Waals surface area contributed by atoms with Gasteiger partial charge in [0, 0.05) is 23.3 Å². The number of nitrogens with zero attached hydrogens (tertiary/aromatic N) is 3. The third-order valence-electron chi connectivity index (χ3n) is 2.25. The van der Waals surface area contributed by atoms with Gasteiger partial charge < -0.3 is 10.6 Å². The van der Waals surface area contributed by atoms with E-state index in [-0.39, 0.29) is 11.6 Å². The summed E-state index contributed by atoms with van der Waals surface area (Å²) in [5.41, 5.74) is 1.29. The maximum absolute atomic E-state index is 11.6. The van der Waals surface area contributed by atoms with Gasteiger partial charge in [-0.1, -0.05) is 0 Å². The Bertz CT molecular complexity index is 576. The molecule has 0 saturated heterocycles. The Morgan fingerprint density at radius 3 is 2.80 bits per heavy atom. The standard InChI is InChI=1S/C13H17N5OS/c1-13(2,3)18-12(19)16-6-9-8-20-11(17-9)10-7-14-4-5-15-10/h4-5,7-8H,6H2,1-3H3,(H2,16,18,19). The van der Waals surface area contributed by atoms with Crippen LogP contribution in [0.25, 0.3) is 10.7 Å². The SMILES string of the molecule is CC(C)(C)NC(=O)NCc1csc(-c2cnccn2)n1. The third-order valence-corrected chi connectivity index (χ3v) is 3.17. The molecular weight excluding hydrogens is 274 g/mol. The lowest BCUT2D eigenvalue weighted by molar-refractivity contribution is 0.231. The molecule has 6 nitrogen and oxygen atoms in total. The maximum Gasteiger partial charge on any atom is 0.315 e. The average Bonchev–Trinajstić information content (AvgIpc) is 2.84. The van der Waals surface area contributed by atoms with Crippen LogP contribution >= 0.6 is 11.3 Å². The normalized spacial score (nSPS) is 11.2. The van der Waals surface area contributed by atoms with E-state index in [1.54, 1.807) is 18.6 Å². The van der Waals surface area contributed by atoms with Crippen LogP contribution in [0, 0.1) is 0 Å². The van der Waals surface area contributed by atoms with E-state index < -0.39 is 0 Å². The number of nitrogens with one attached hydrogen (secondary N) is 2. The minimum atomic E-state index is -0.253. The van der Waals surface area contributed by atoms with Gasteiger partial charge in [-0.15, -0.1) is 11.3 Å². The molecule has 0 aromatic carbocycles. The Morgan fingerprint density at radius 2 is 2.15 bits per heavy atom. The second-order valence-corrected chi connectivity index (χ2v) is 6.15. The molecule has 0 aliphatic heterocycles. The molecule has 2 heterocycles. The van der Waals surface area contributed by atoms with Crippen LogP contribution in [0.2, 0.25) is 0 Å². The molecule has 0 radical (unpaired) electrons. The van der Waals surface area contributed by atoms with Crippen molar-refractivity contribution in [2.75, 3.05) is 0 Å². The predicted molar refractivity (Wildman–Crippen MR) is 78.3 cm³/mol. The van der Waals surface area contributed by atoms with E-state index >= 15 is 0 Å². The van der Waals surface area contributed by atoms with Gasteiger partial charge in [0.1, 0.15) is 10.7 Å². The van der Waals surface area contributed by atoms with Crippen molar-refractivity contribution < 1.29 is 4.79 Å². The molecule has 0 unspecified atom stereocenters. The zero-order valence-corrected chi connectivity index (χ0v) is 12.5. The largest absolute Gasteiger partial charge is 0.334 e. The Labute approximate surface area is 121 Å². The summed E-state index contributed by atoms with van der Waals surface area (Å²) in [6.07, 6.45) is 4.92. The lowest BCUT2D eigenvalue weighted by atomic mass is 10.1. The van der Waals surface area contributed by atoms with Gasteiger partial charge in [0.05, 0.1) is 18.4 Å². The number of rotatable bonds is 3. The highest BCUT2D eigenvalue weighted by Gasteiger charge is 2.13. The monoisotopic (exact) mass is 291 g/mol. The van der Waals surface area contributed by atoms with E-state index in [1.165, 1.54) is 11.3 Å². The summed E-state index contributed by atoms with van der Waals surface area (Å²) in [5.74, 6) is 0. The molecule has 0 atom stereocenters. The quantitative estimate of drug-likeness (QED) is 0.908. The molecule has 0 spiro atoms. The van der Waals surface area contributed by atoms with Crippen LogP contribution in [0.5, 0.6) is 0 Å². The molecular formula is C13H17N5OS. The van der Waals surface area contributed by atoms with Crippen molar-refractivity contribution in [3.63, 3.8) is 0 Å². The molecule has 0 fully saturated rings. The summed E-state index contributed by atoms with van der Waals surface area (Å²) in [5, 5.41) is 8.31. The van der Waals surface area contributed by atoms with Gasteiger partial charge in [0.25, 0.3) is 0 Å². The number of hydrogen-bond acceptors (Lipinski definition) is 5. The molecule has 2 aromatic rings. The summed E-state index contributed by atoms with van der Waals surface area (Å²) in [7, 11) is 0. The van der Waals surface area contributed by atoms with Crippen LogP contribution in [0.3, 0.4) is 0 Å². The molecule has 106 valence electrons. The fourth-order valence-corrected chi connectivity index (χ4v) is 2.25. The van der Waals surface area contributed by atoms with Crippen LogP contribution in [0.4, 0.5) is 4.79 Å². The number of carbonyl (C=O) groups excluding carboxylic acids is 1. The zero-order valence-electron chi connectivity index (χ0n) is 11.7. The summed E-state index contributed by atoms with van der Waals surface area (Å²) >= 11 is 1.48. The molecule has 0 aliphatic rings. The molecule has 0 bridgehead atoms. The fraction of sp³-hybridized carbons (Fsp3) is 0.385. The lowest BCUT2D eigenvalue weighted by Crippen LogP contribution is -2.46. The second kappa shape index (κ2) is 5.96. The summed E-state index contributed by atoms with van der Waals surface area (Å²) in [4.78, 5) is 24.3. The van der Waals surface area contributed by atoms with Crippen molar-refractivity contribution in [3.8, 4) is 10.7 Å². The van der Waals surface area contributed by atoms with Gasteiger partial charge in [-0.05, 0) is 20.8 Å². The number of amides is 2. The third kappa shape index (κ3) is 4.27. The van der Waals surface area contributed by atoms with Crippen molar-refractivity contribution in [2.45, 2.75) is 32.9 Å². The van der Waals surface area contributed by atoms with Crippen LogP contribution in [-0.2, 0) is 6.54 Å². The first-order chi connectivity index (χ1) is 9.44. The molecule has 2 N–H and O–H groups in total. The minimum Gasteiger partial charge on any atom is -0.334 e. The molecule has 7 heteroatoms. The Morgan fingerprint density at radius 1 is 1.35 bits per heavy atom. The van der Waals surface area contributed by atoms with E-state index in [4.69, 9.17) is 0 Å². The first-order valence-corrected chi connectivity index (χ1v) is 7.09. The summed E-state index contributed by atoms with van der Waals surface area (Å²) < 4.78 is 0. The summed E-state index contributed by atoms with van der Waals surface area (Å²) in [6, 6.07) is -0.202. The topological polar surface area (TPSA) is 79.8 Å². The Balaban J connectivity index is 1.92. The smallest absolute Gasteiger partial charge is 0.315 e. The number of aromatic nitrogens is 3. The van der Waals surface area contributed by atoms with E-state index in [1.807, 2.05) is 26.2 Å². The van der Waals surface area contributed by atoms with E-state index in [0.717, 1.165) is 16.4 Å². The minimum absolute atomic E-state index is 0.202. The van der Waals surface area contributed by atoms with Crippen molar-refractivity contribution >= 4 is 17.4 Å². The average molecular weight is 291 g/mol. The van der Waals surface area contributed by atoms with Gasteiger partial charge >= 0.3 is 6.03 Å². The molecule has 0 aliphatic carbocycles. The van der Waals surface area contributed by atoms with Crippen molar-refractivity contribution in [1.82, 2.24) is 25.6 Å². The maximum atomic E-state index is 11.6. The highest BCUT2D eigenvalue weighted by atomic mass is 32.1. The number of urea groups is 1. The van der Waals surface area contributed by atoms with Gasteiger partial charge in [-0.3, -0.25) is 9.97 Å². The zero-order chi connectivity index (χ0) is 14.6. The molecule has 2 rings (SSSR count). The predicted octanol–water partition coefficient (Wildman–Crippen LogP) is 2.20. The number of thiazole rings is 1. The van der Waals surface area contributed by atoms with Crippen LogP contribution < -0.4 is 10.6 Å². The highest BCUT2D eigenvalue weighted by Crippen LogP contribution is 2.20. The van der Waals surface area contributed by atoms with E-state index in [9.17, 15) is 4.79 Å². The first-order valence-electron chi connectivity index (χ1n) is 6.21. The Hall–Kier alpha value is -2.02. The summed E-state index contributed by atoms with van der Waals surface area (Å²) in [6.45, 7) is 6.18. The number of hydrogen-bond donors (Lipinski definition) is 2. The van der Waals surface area contributed by atoms with Crippen LogP contribution in [-0.4, -0.2) is 26.5 Å². The van der Waals surface area contributed by atoms with E-state index in [0.29, 0.717) is 6.54 Å². The molecule has 0 saturated carbocycles. The number of carbonyl (C=O) groups is 1. The molecule has 2 aromatic heterocycles. The van der Waals surface area contributed by atoms with Gasteiger partial charge in [-0.25, -0.2) is 9.78 Å². The van der Waals surface area contributed by atoms with Crippen molar-refractivity contribution in [3.05, 3.63) is 29.7 Å². The second-order valence-electron chi connectivity index (χ2n) is 5.29. The molecule has 20 heavy (non-hydrogen) atoms. The lowest BCUT2D eigenvalue weighted by Gasteiger charge is -2.20. The van der Waals surface area contributed by atoms with Crippen molar-refractivity contribution in [2.24, 2.45) is 0 Å². The van der Waals surface area contributed by atoms with Gasteiger partial charge in [-0.2, -0.15) is 0 Å².